The van der Waals surface area contributed by atoms with Crippen LogP contribution in [-0.2, 0) is 4.79 Å². The Kier molecular flexibility index (Phi) is 5.73. The highest BCUT2D eigenvalue weighted by Crippen LogP contribution is 2.40. The second kappa shape index (κ2) is 8.57. The van der Waals surface area contributed by atoms with Crippen LogP contribution in [0.1, 0.15) is 43.7 Å². The second-order valence-electron chi connectivity index (χ2n) is 7.58. The Labute approximate surface area is 161 Å². The van der Waals surface area contributed by atoms with Crippen molar-refractivity contribution in [1.82, 2.24) is 10.6 Å². The Hall–Kier alpha value is -2.33. The van der Waals surface area contributed by atoms with Gasteiger partial charge in [0, 0.05) is 24.0 Å². The molecule has 1 unspecified atom stereocenters. The van der Waals surface area contributed by atoms with Crippen molar-refractivity contribution in [2.45, 2.75) is 38.1 Å². The molecule has 1 fully saturated rings. The first-order valence-corrected chi connectivity index (χ1v) is 10.1. The van der Waals surface area contributed by atoms with Crippen molar-refractivity contribution in [3.05, 3.63) is 54.1 Å². The zero-order valence-electron chi connectivity index (χ0n) is 15.7. The third kappa shape index (κ3) is 4.33. The fraction of sp³-hybridized carbons (Fsp3) is 0.435. The fourth-order valence-corrected chi connectivity index (χ4v) is 4.19. The molecular formula is C23H28N2O2. The molecule has 2 aromatic carbocycles. The summed E-state index contributed by atoms with van der Waals surface area (Å²) < 4.78 is 6.02. The fourth-order valence-electron chi connectivity index (χ4n) is 4.19. The lowest BCUT2D eigenvalue weighted by Gasteiger charge is -2.29. The standard InChI is InChI=1S/C23H28N2O2/c26-22(10-9-17-11-14-24-15-12-17)25-21-13-16-27-23-19(7-4-8-20(21)23)18-5-2-1-3-6-18/h1-8,17,21,24H,9-16H2,(H,25,26). The number of nitrogens with one attached hydrogen (secondary N) is 2. The van der Waals surface area contributed by atoms with Crippen LogP contribution in [0.5, 0.6) is 5.75 Å². The number of rotatable bonds is 5. The lowest BCUT2D eigenvalue weighted by molar-refractivity contribution is -0.122. The van der Waals surface area contributed by atoms with Crippen LogP contribution >= 0.6 is 0 Å². The Bertz CT molecular complexity index is 769. The summed E-state index contributed by atoms with van der Waals surface area (Å²) in [5.41, 5.74) is 3.34. The summed E-state index contributed by atoms with van der Waals surface area (Å²) in [5.74, 6) is 1.76. The van der Waals surface area contributed by atoms with Crippen molar-refractivity contribution >= 4 is 5.91 Å². The van der Waals surface area contributed by atoms with E-state index in [4.69, 9.17) is 4.74 Å². The number of carbonyl (C=O) groups excluding carboxylic acids is 1. The molecule has 1 amide bonds. The van der Waals surface area contributed by atoms with Gasteiger partial charge in [0.05, 0.1) is 12.6 Å². The summed E-state index contributed by atoms with van der Waals surface area (Å²) in [7, 11) is 0. The van der Waals surface area contributed by atoms with E-state index >= 15 is 0 Å². The normalized spacial score (nSPS) is 19.8. The molecule has 4 rings (SSSR count). The van der Waals surface area contributed by atoms with Crippen LogP contribution < -0.4 is 15.4 Å². The minimum absolute atomic E-state index is 0.0398. The maximum Gasteiger partial charge on any atom is 0.220 e. The third-order valence-electron chi connectivity index (χ3n) is 5.73. The molecule has 0 aromatic heterocycles. The van der Waals surface area contributed by atoms with Crippen LogP contribution in [0, 0.1) is 5.92 Å². The van der Waals surface area contributed by atoms with Gasteiger partial charge in [-0.3, -0.25) is 4.79 Å². The van der Waals surface area contributed by atoms with Crippen LogP contribution in [0.4, 0.5) is 0 Å². The maximum atomic E-state index is 12.6. The van der Waals surface area contributed by atoms with Crippen molar-refractivity contribution in [3.8, 4) is 16.9 Å². The zero-order valence-corrected chi connectivity index (χ0v) is 15.7. The predicted octanol–water partition coefficient (Wildman–Crippen LogP) is 4.07. The van der Waals surface area contributed by atoms with Gasteiger partial charge in [-0.05, 0) is 43.8 Å². The van der Waals surface area contributed by atoms with Gasteiger partial charge in [-0.2, -0.15) is 0 Å². The van der Waals surface area contributed by atoms with Crippen LogP contribution in [0.25, 0.3) is 11.1 Å². The molecule has 2 aliphatic heterocycles. The number of piperidine rings is 1. The molecule has 4 heteroatoms. The van der Waals surface area contributed by atoms with Crippen molar-refractivity contribution in [3.63, 3.8) is 0 Å². The van der Waals surface area contributed by atoms with Gasteiger partial charge in [-0.15, -0.1) is 0 Å². The number of hydrogen-bond donors (Lipinski definition) is 2. The first kappa shape index (κ1) is 18.1. The quantitative estimate of drug-likeness (QED) is 0.841. The Balaban J connectivity index is 1.44. The highest BCUT2D eigenvalue weighted by molar-refractivity contribution is 5.78. The lowest BCUT2D eigenvalue weighted by Crippen LogP contribution is -2.33. The molecule has 0 bridgehead atoms. The monoisotopic (exact) mass is 364 g/mol. The molecule has 2 aromatic rings. The van der Waals surface area contributed by atoms with Gasteiger partial charge in [0.2, 0.25) is 5.91 Å². The minimum Gasteiger partial charge on any atom is -0.492 e. The number of fused-ring (bicyclic) bond motifs is 1. The number of carbonyl (C=O) groups is 1. The molecule has 27 heavy (non-hydrogen) atoms. The van der Waals surface area contributed by atoms with Crippen LogP contribution in [0.15, 0.2) is 48.5 Å². The van der Waals surface area contributed by atoms with E-state index in [0.717, 1.165) is 48.4 Å². The molecule has 0 radical (unpaired) electrons. The first-order chi connectivity index (χ1) is 13.3. The van der Waals surface area contributed by atoms with Crippen molar-refractivity contribution in [1.29, 1.82) is 0 Å². The van der Waals surface area contributed by atoms with Crippen molar-refractivity contribution in [2.75, 3.05) is 19.7 Å². The highest BCUT2D eigenvalue weighted by Gasteiger charge is 2.25. The average Bonchev–Trinajstić information content (AvgIpc) is 2.73. The number of hydrogen-bond acceptors (Lipinski definition) is 3. The van der Waals surface area contributed by atoms with Crippen molar-refractivity contribution in [2.24, 2.45) is 5.92 Å². The summed E-state index contributed by atoms with van der Waals surface area (Å²) in [5, 5.41) is 6.64. The molecule has 0 aliphatic carbocycles. The molecular weight excluding hydrogens is 336 g/mol. The molecule has 1 saturated heterocycles. The lowest BCUT2D eigenvalue weighted by atomic mass is 9.92. The number of amides is 1. The van der Waals surface area contributed by atoms with Crippen LogP contribution in [0.3, 0.4) is 0 Å². The summed E-state index contributed by atoms with van der Waals surface area (Å²) in [6.07, 6.45) is 4.81. The van der Waals surface area contributed by atoms with Gasteiger partial charge in [0.25, 0.3) is 0 Å². The summed E-state index contributed by atoms with van der Waals surface area (Å²) in [4.78, 5) is 12.6. The minimum atomic E-state index is 0.0398. The van der Waals surface area contributed by atoms with Gasteiger partial charge in [-0.25, -0.2) is 0 Å². The highest BCUT2D eigenvalue weighted by atomic mass is 16.5. The van der Waals surface area contributed by atoms with E-state index in [0.29, 0.717) is 18.9 Å². The predicted molar refractivity (Wildman–Crippen MR) is 108 cm³/mol. The Morgan fingerprint density at radius 3 is 2.67 bits per heavy atom. The van der Waals surface area contributed by atoms with E-state index in [1.54, 1.807) is 0 Å². The summed E-state index contributed by atoms with van der Waals surface area (Å²) >= 11 is 0. The summed E-state index contributed by atoms with van der Waals surface area (Å²) in [6, 6.07) is 16.6. The second-order valence-corrected chi connectivity index (χ2v) is 7.58. The van der Waals surface area contributed by atoms with E-state index in [1.165, 1.54) is 12.8 Å². The van der Waals surface area contributed by atoms with Gasteiger partial charge in [0.15, 0.2) is 0 Å². The largest absolute Gasteiger partial charge is 0.492 e. The smallest absolute Gasteiger partial charge is 0.220 e. The molecule has 2 N–H and O–H groups in total. The first-order valence-electron chi connectivity index (χ1n) is 10.1. The molecule has 2 aliphatic rings. The van der Waals surface area contributed by atoms with Crippen molar-refractivity contribution < 1.29 is 9.53 Å². The van der Waals surface area contributed by atoms with Gasteiger partial charge in [0.1, 0.15) is 5.75 Å². The zero-order chi connectivity index (χ0) is 18.5. The topological polar surface area (TPSA) is 50.4 Å². The Morgan fingerprint density at radius 1 is 1.04 bits per heavy atom. The third-order valence-corrected chi connectivity index (χ3v) is 5.73. The molecule has 142 valence electrons. The van der Waals surface area contributed by atoms with Crippen LogP contribution in [0.2, 0.25) is 0 Å². The summed E-state index contributed by atoms with van der Waals surface area (Å²) in [6.45, 7) is 2.81. The van der Waals surface area contributed by atoms with E-state index in [-0.39, 0.29) is 11.9 Å². The number of para-hydroxylation sites is 1. The molecule has 0 spiro atoms. The van der Waals surface area contributed by atoms with Gasteiger partial charge < -0.3 is 15.4 Å². The SMILES string of the molecule is O=C(CCC1CCNCC1)NC1CCOc2c(-c3ccccc3)cccc21. The molecule has 2 heterocycles. The maximum absolute atomic E-state index is 12.6. The average molecular weight is 364 g/mol. The van der Waals surface area contributed by atoms with Gasteiger partial charge in [-0.1, -0.05) is 48.5 Å². The molecule has 4 nitrogen and oxygen atoms in total. The molecule has 0 saturated carbocycles. The van der Waals surface area contributed by atoms with E-state index < -0.39 is 0 Å². The van der Waals surface area contributed by atoms with Gasteiger partial charge >= 0.3 is 0 Å². The number of ether oxygens (including phenoxy) is 1. The van der Waals surface area contributed by atoms with E-state index in [2.05, 4.69) is 41.0 Å². The number of benzene rings is 2. The Morgan fingerprint density at radius 2 is 1.85 bits per heavy atom. The molecule has 1 atom stereocenters. The van der Waals surface area contributed by atoms with Crippen LogP contribution in [-0.4, -0.2) is 25.6 Å². The van der Waals surface area contributed by atoms with E-state index in [9.17, 15) is 4.79 Å². The van der Waals surface area contributed by atoms with E-state index in [1.807, 2.05) is 18.2 Å².